The molecule has 1 aromatic rings. The Balaban J connectivity index is 3.18. The molecule has 0 unspecified atom stereocenters. The molecule has 0 bridgehead atoms. The lowest BCUT2D eigenvalue weighted by atomic mass is 10.3. The van der Waals surface area contributed by atoms with Crippen LogP contribution < -0.4 is 0 Å². The summed E-state index contributed by atoms with van der Waals surface area (Å²) in [6.45, 7) is -0.138. The molecular weight excluding hydrogens is 236 g/mol. The van der Waals surface area contributed by atoms with Crippen molar-refractivity contribution in [3.05, 3.63) is 29.8 Å². The average Bonchev–Trinajstić information content (AvgIpc) is 2.22. The molecule has 0 saturated heterocycles. The minimum Gasteiger partial charge on any atom is -0.207 e. The molecule has 0 aromatic heterocycles. The molecule has 0 fully saturated rings. The van der Waals surface area contributed by atoms with Crippen LogP contribution in [0, 0.1) is 24.0 Å². The van der Waals surface area contributed by atoms with Gasteiger partial charge in [-0.1, -0.05) is 5.92 Å². The lowest BCUT2D eigenvalue weighted by molar-refractivity contribution is 0.491. The summed E-state index contributed by atoms with van der Waals surface area (Å²) in [7, 11) is -2.60. The van der Waals surface area contributed by atoms with Gasteiger partial charge in [0.15, 0.2) is 11.6 Å². The van der Waals surface area contributed by atoms with Crippen molar-refractivity contribution in [1.29, 1.82) is 0 Å². The maximum atomic E-state index is 12.9. The number of halogens is 2. The Morgan fingerprint density at radius 3 is 2.50 bits per heavy atom. The quantitative estimate of drug-likeness (QED) is 0.751. The molecule has 86 valence electrons. The fourth-order valence-corrected chi connectivity index (χ4v) is 2.13. The van der Waals surface area contributed by atoms with Crippen LogP contribution >= 0.6 is 0 Å². The van der Waals surface area contributed by atoms with Gasteiger partial charge in [0.2, 0.25) is 10.0 Å². The van der Waals surface area contributed by atoms with Crippen LogP contribution in [0.4, 0.5) is 8.78 Å². The molecule has 0 spiro atoms. The standard InChI is InChI=1S/C10H9F2NO2S/c1-3-6-13(2)16(14,15)8-4-5-9(11)10(12)7-8/h1,4-5,7H,6H2,2H3. The molecule has 0 N–H and O–H groups in total. The fraction of sp³-hybridized carbons (Fsp3) is 0.200. The van der Waals surface area contributed by atoms with Crippen LogP contribution in [0.3, 0.4) is 0 Å². The summed E-state index contributed by atoms with van der Waals surface area (Å²) < 4.78 is 49.8. The van der Waals surface area contributed by atoms with Gasteiger partial charge in [-0.05, 0) is 18.2 Å². The lowest BCUT2D eigenvalue weighted by Gasteiger charge is -2.14. The van der Waals surface area contributed by atoms with Crippen molar-refractivity contribution in [2.45, 2.75) is 4.90 Å². The Bertz CT molecular complexity index is 534. The number of rotatable bonds is 3. The minimum atomic E-state index is -3.86. The van der Waals surface area contributed by atoms with Gasteiger partial charge >= 0.3 is 0 Å². The Morgan fingerprint density at radius 2 is 2.00 bits per heavy atom. The third kappa shape index (κ3) is 2.38. The first-order chi connectivity index (χ1) is 7.39. The molecule has 6 heteroatoms. The van der Waals surface area contributed by atoms with Gasteiger partial charge in [0.1, 0.15) is 0 Å². The van der Waals surface area contributed by atoms with E-state index in [1.165, 1.54) is 7.05 Å². The van der Waals surface area contributed by atoms with E-state index in [0.29, 0.717) is 6.07 Å². The van der Waals surface area contributed by atoms with E-state index >= 15 is 0 Å². The lowest BCUT2D eigenvalue weighted by Crippen LogP contribution is -2.27. The Morgan fingerprint density at radius 1 is 1.38 bits per heavy atom. The highest BCUT2D eigenvalue weighted by atomic mass is 32.2. The first-order valence-corrected chi connectivity index (χ1v) is 5.68. The van der Waals surface area contributed by atoms with Gasteiger partial charge in [0.05, 0.1) is 11.4 Å². The smallest absolute Gasteiger partial charge is 0.207 e. The summed E-state index contributed by atoms with van der Waals surface area (Å²) in [4.78, 5) is -0.329. The zero-order chi connectivity index (χ0) is 12.3. The highest BCUT2D eigenvalue weighted by Crippen LogP contribution is 2.16. The first kappa shape index (κ1) is 12.6. The highest BCUT2D eigenvalue weighted by Gasteiger charge is 2.21. The molecule has 16 heavy (non-hydrogen) atoms. The molecule has 0 aliphatic carbocycles. The summed E-state index contributed by atoms with van der Waals surface area (Å²) in [6.07, 6.45) is 4.97. The van der Waals surface area contributed by atoms with Crippen molar-refractivity contribution in [2.75, 3.05) is 13.6 Å². The minimum absolute atomic E-state index is 0.138. The largest absolute Gasteiger partial charge is 0.243 e. The van der Waals surface area contributed by atoms with Crippen molar-refractivity contribution < 1.29 is 17.2 Å². The molecule has 1 rings (SSSR count). The second kappa shape index (κ2) is 4.60. The van der Waals surface area contributed by atoms with Gasteiger partial charge in [-0.3, -0.25) is 0 Å². The van der Waals surface area contributed by atoms with E-state index < -0.39 is 21.7 Å². The van der Waals surface area contributed by atoms with E-state index in [-0.39, 0.29) is 11.4 Å². The van der Waals surface area contributed by atoms with Gasteiger partial charge < -0.3 is 0 Å². The number of nitrogens with zero attached hydrogens (tertiary/aromatic N) is 1. The molecule has 0 radical (unpaired) electrons. The SMILES string of the molecule is C#CCN(C)S(=O)(=O)c1ccc(F)c(F)c1. The summed E-state index contributed by atoms with van der Waals surface area (Å²) >= 11 is 0. The molecule has 0 aliphatic rings. The average molecular weight is 245 g/mol. The van der Waals surface area contributed by atoms with Gasteiger partial charge in [-0.15, -0.1) is 6.42 Å². The number of sulfonamides is 1. The monoisotopic (exact) mass is 245 g/mol. The highest BCUT2D eigenvalue weighted by molar-refractivity contribution is 7.89. The molecule has 0 heterocycles. The molecule has 0 aliphatic heterocycles. The Kier molecular flexibility index (Phi) is 3.62. The summed E-state index contributed by atoms with van der Waals surface area (Å²) in [5.41, 5.74) is 0. The van der Waals surface area contributed by atoms with Crippen LogP contribution in [0.15, 0.2) is 23.1 Å². The van der Waals surface area contributed by atoms with Crippen molar-refractivity contribution in [3.8, 4) is 12.3 Å². The predicted octanol–water partition coefficient (Wildman–Crippen LogP) is 1.22. The Hall–Kier alpha value is -1.45. The van der Waals surface area contributed by atoms with Gasteiger partial charge in [0, 0.05) is 7.05 Å². The predicted molar refractivity (Wildman–Crippen MR) is 55.0 cm³/mol. The molecule has 0 amide bonds. The van der Waals surface area contributed by atoms with E-state index in [0.717, 1.165) is 16.4 Å². The zero-order valence-corrected chi connectivity index (χ0v) is 9.26. The van der Waals surface area contributed by atoms with Crippen LogP contribution in [-0.2, 0) is 10.0 Å². The maximum absolute atomic E-state index is 12.9. The van der Waals surface area contributed by atoms with E-state index in [4.69, 9.17) is 6.42 Å². The number of hydrogen-bond donors (Lipinski definition) is 0. The summed E-state index contributed by atoms with van der Waals surface area (Å²) in [6, 6.07) is 2.37. The third-order valence-electron chi connectivity index (χ3n) is 1.91. The van der Waals surface area contributed by atoms with Crippen molar-refractivity contribution >= 4 is 10.0 Å². The number of benzene rings is 1. The molecule has 1 aromatic carbocycles. The first-order valence-electron chi connectivity index (χ1n) is 4.24. The second-order valence-corrected chi connectivity index (χ2v) is 5.09. The molecule has 0 atom stereocenters. The van der Waals surface area contributed by atoms with Crippen LogP contribution in [0.2, 0.25) is 0 Å². The van der Waals surface area contributed by atoms with Crippen molar-refractivity contribution in [1.82, 2.24) is 4.31 Å². The second-order valence-electron chi connectivity index (χ2n) is 3.04. The molecule has 3 nitrogen and oxygen atoms in total. The van der Waals surface area contributed by atoms with Gasteiger partial charge in [-0.25, -0.2) is 17.2 Å². The normalized spacial score (nSPS) is 11.4. The van der Waals surface area contributed by atoms with Crippen molar-refractivity contribution in [2.24, 2.45) is 0 Å². The van der Waals surface area contributed by atoms with Crippen LogP contribution in [0.25, 0.3) is 0 Å². The van der Waals surface area contributed by atoms with Crippen LogP contribution in [-0.4, -0.2) is 26.3 Å². The third-order valence-corrected chi connectivity index (χ3v) is 3.71. The topological polar surface area (TPSA) is 37.4 Å². The van der Waals surface area contributed by atoms with Crippen molar-refractivity contribution in [3.63, 3.8) is 0 Å². The van der Waals surface area contributed by atoms with Crippen LogP contribution in [0.5, 0.6) is 0 Å². The zero-order valence-electron chi connectivity index (χ0n) is 8.44. The summed E-state index contributed by atoms with van der Waals surface area (Å²) in [5, 5.41) is 0. The van der Waals surface area contributed by atoms with E-state index in [1.54, 1.807) is 0 Å². The van der Waals surface area contributed by atoms with E-state index in [2.05, 4.69) is 5.92 Å². The van der Waals surface area contributed by atoms with Crippen LogP contribution in [0.1, 0.15) is 0 Å². The summed E-state index contributed by atoms with van der Waals surface area (Å²) in [5.74, 6) is -0.163. The Labute approximate surface area is 92.7 Å². The maximum Gasteiger partial charge on any atom is 0.243 e. The molecular formula is C10H9F2NO2S. The number of hydrogen-bond acceptors (Lipinski definition) is 2. The van der Waals surface area contributed by atoms with E-state index in [1.807, 2.05) is 0 Å². The van der Waals surface area contributed by atoms with Gasteiger partial charge in [0.25, 0.3) is 0 Å². The molecule has 0 saturated carbocycles. The van der Waals surface area contributed by atoms with Gasteiger partial charge in [-0.2, -0.15) is 4.31 Å². The fourth-order valence-electron chi connectivity index (χ4n) is 1.03. The van der Waals surface area contributed by atoms with E-state index in [9.17, 15) is 17.2 Å². The number of terminal acetylenes is 1.